The molecule has 2 saturated carbocycles. The number of nitro groups is 2. The first-order chi connectivity index (χ1) is 12.3. The minimum atomic E-state index is -0.853. The number of fused-ring (bicyclic) bond motifs is 5. The number of nitro benzene ring substituents is 2. The third-order valence-corrected chi connectivity index (χ3v) is 7.05. The second kappa shape index (κ2) is 5.49. The molecule has 0 amide bonds. The number of benzene rings is 1. The van der Waals surface area contributed by atoms with Gasteiger partial charge in [-0.3, -0.25) is 25.0 Å². The van der Waals surface area contributed by atoms with Gasteiger partial charge in [0, 0.05) is 23.5 Å². The Balaban J connectivity index is 1.85. The second-order valence-electron chi connectivity index (χ2n) is 8.01. The van der Waals surface area contributed by atoms with E-state index in [1.54, 1.807) is 0 Å². The molecule has 2 fully saturated rings. The summed E-state index contributed by atoms with van der Waals surface area (Å²) in [6.45, 7) is 2.03. The highest BCUT2D eigenvalue weighted by molar-refractivity contribution is 5.87. The average Bonchev–Trinajstić information content (AvgIpc) is 2.88. The molecule has 3 aliphatic carbocycles. The van der Waals surface area contributed by atoms with Crippen LogP contribution in [0.1, 0.15) is 56.1 Å². The molecule has 0 bridgehead atoms. The maximum Gasteiger partial charge on any atom is 0.321 e. The predicted molar refractivity (Wildman–Crippen MR) is 91.0 cm³/mol. The van der Waals surface area contributed by atoms with Crippen molar-refractivity contribution in [1.29, 1.82) is 0 Å². The van der Waals surface area contributed by atoms with E-state index < -0.39 is 27.0 Å². The molecule has 8 nitrogen and oxygen atoms in total. The molecule has 8 heteroatoms. The molecule has 4 atom stereocenters. The largest absolute Gasteiger partial charge is 0.497 e. The topological polar surface area (TPSA) is 124 Å². The van der Waals surface area contributed by atoms with E-state index in [4.69, 9.17) is 0 Å². The molecule has 26 heavy (non-hydrogen) atoms. The minimum absolute atomic E-state index is 0.0271. The van der Waals surface area contributed by atoms with E-state index in [1.807, 2.05) is 6.92 Å². The highest BCUT2D eigenvalue weighted by atomic mass is 16.6. The Morgan fingerprint density at radius 1 is 1.15 bits per heavy atom. The van der Waals surface area contributed by atoms with Crippen LogP contribution in [-0.4, -0.2) is 20.7 Å². The smallest absolute Gasteiger partial charge is 0.321 e. The van der Waals surface area contributed by atoms with Gasteiger partial charge in [-0.1, -0.05) is 6.92 Å². The van der Waals surface area contributed by atoms with E-state index in [1.165, 1.54) is 6.07 Å². The van der Waals surface area contributed by atoms with E-state index >= 15 is 0 Å². The predicted octanol–water partition coefficient (Wildman–Crippen LogP) is 3.63. The second-order valence-corrected chi connectivity index (χ2v) is 8.01. The highest BCUT2D eigenvalue weighted by Gasteiger charge is 2.55. The lowest BCUT2D eigenvalue weighted by Crippen LogP contribution is -2.42. The molecule has 4 rings (SSSR count). The standard InChI is InChI=1S/C18H20N2O6/c1-18-7-6-9-10(13(18)4-5-15(18)21)2-3-11-12(9)8-14(19(23)24)17(22)16(11)20(25)26/h8-10,13,22H,2-7H2,1H3/t9-,10-,13+,18+/m1/s1. The van der Waals surface area contributed by atoms with Crippen molar-refractivity contribution in [3.05, 3.63) is 37.4 Å². The van der Waals surface area contributed by atoms with Crippen LogP contribution in [-0.2, 0) is 11.2 Å². The first kappa shape index (κ1) is 16.9. The Hall–Kier alpha value is -2.51. The first-order valence-corrected chi connectivity index (χ1v) is 8.96. The van der Waals surface area contributed by atoms with Crippen molar-refractivity contribution in [2.45, 2.75) is 51.4 Å². The van der Waals surface area contributed by atoms with Crippen molar-refractivity contribution < 1.29 is 19.7 Å². The highest BCUT2D eigenvalue weighted by Crippen LogP contribution is 2.61. The zero-order chi connectivity index (χ0) is 18.8. The van der Waals surface area contributed by atoms with Crippen LogP contribution in [0.25, 0.3) is 0 Å². The molecule has 3 aliphatic rings. The van der Waals surface area contributed by atoms with E-state index in [2.05, 4.69) is 0 Å². The normalized spacial score (nSPS) is 32.5. The summed E-state index contributed by atoms with van der Waals surface area (Å²) >= 11 is 0. The lowest BCUT2D eigenvalue weighted by molar-refractivity contribution is -0.396. The summed E-state index contributed by atoms with van der Waals surface area (Å²) in [5.41, 5.74) is -0.408. The zero-order valence-corrected chi connectivity index (χ0v) is 14.4. The van der Waals surface area contributed by atoms with Crippen LogP contribution in [0.3, 0.4) is 0 Å². The molecule has 1 N–H and O–H groups in total. The fourth-order valence-corrected chi connectivity index (χ4v) is 5.79. The van der Waals surface area contributed by atoms with Crippen molar-refractivity contribution in [3.8, 4) is 5.75 Å². The van der Waals surface area contributed by atoms with Crippen LogP contribution in [0.15, 0.2) is 6.07 Å². The van der Waals surface area contributed by atoms with Gasteiger partial charge in [0.25, 0.3) is 5.75 Å². The van der Waals surface area contributed by atoms with Crippen molar-refractivity contribution >= 4 is 17.2 Å². The van der Waals surface area contributed by atoms with Gasteiger partial charge in [0.15, 0.2) is 0 Å². The summed E-state index contributed by atoms with van der Waals surface area (Å²) in [5.74, 6) is -0.144. The maximum absolute atomic E-state index is 12.4. The molecule has 0 aliphatic heterocycles. The van der Waals surface area contributed by atoms with Gasteiger partial charge in [-0.05, 0) is 55.4 Å². The SMILES string of the molecule is C[C@]12CC[C@H]3c4cc([N+](=O)[O-])c(O)c([N+](=O)[O-])c4CC[C@H]3[C@@H]1CCC2=O. The number of carbonyl (C=O) groups excluding carboxylic acids is 1. The summed E-state index contributed by atoms with van der Waals surface area (Å²) in [4.78, 5) is 33.7. The molecule has 138 valence electrons. The third kappa shape index (κ3) is 2.10. The summed E-state index contributed by atoms with van der Waals surface area (Å²) in [5, 5.41) is 32.9. The third-order valence-electron chi connectivity index (χ3n) is 7.05. The number of rotatable bonds is 2. The van der Waals surface area contributed by atoms with Crippen LogP contribution >= 0.6 is 0 Å². The van der Waals surface area contributed by atoms with Crippen molar-refractivity contribution in [1.82, 2.24) is 0 Å². The molecule has 0 unspecified atom stereocenters. The van der Waals surface area contributed by atoms with E-state index in [-0.39, 0.29) is 23.2 Å². The van der Waals surface area contributed by atoms with Gasteiger partial charge in [0.1, 0.15) is 5.78 Å². The van der Waals surface area contributed by atoms with Gasteiger partial charge in [0.2, 0.25) is 0 Å². The number of nitrogens with zero attached hydrogens (tertiary/aromatic N) is 2. The molecule has 0 saturated heterocycles. The number of carbonyl (C=O) groups is 1. The molecule has 0 radical (unpaired) electrons. The van der Waals surface area contributed by atoms with Crippen LogP contribution < -0.4 is 0 Å². The summed E-state index contributed by atoms with van der Waals surface area (Å²) < 4.78 is 0. The summed E-state index contributed by atoms with van der Waals surface area (Å²) in [6.07, 6.45) is 3.92. The van der Waals surface area contributed by atoms with Gasteiger partial charge >= 0.3 is 11.4 Å². The number of phenolic OH excluding ortho intramolecular Hbond substituents is 1. The first-order valence-electron chi connectivity index (χ1n) is 8.96. The number of aromatic hydroxyl groups is 1. The van der Waals surface area contributed by atoms with Crippen LogP contribution in [0.2, 0.25) is 0 Å². The van der Waals surface area contributed by atoms with Crippen LogP contribution in [0.4, 0.5) is 11.4 Å². The molecule has 1 aromatic rings. The van der Waals surface area contributed by atoms with E-state index in [0.717, 1.165) is 6.42 Å². The molecule has 0 spiro atoms. The van der Waals surface area contributed by atoms with E-state index in [0.29, 0.717) is 49.0 Å². The Kier molecular flexibility index (Phi) is 3.58. The minimum Gasteiger partial charge on any atom is -0.497 e. The lowest BCUT2D eigenvalue weighted by Gasteiger charge is -2.48. The number of hydrogen-bond donors (Lipinski definition) is 1. The van der Waals surface area contributed by atoms with Crippen LogP contribution in [0.5, 0.6) is 5.75 Å². The van der Waals surface area contributed by atoms with E-state index in [9.17, 15) is 30.1 Å². The monoisotopic (exact) mass is 360 g/mol. The quantitative estimate of drug-likeness (QED) is 0.634. The van der Waals surface area contributed by atoms with Gasteiger partial charge in [-0.25, -0.2) is 0 Å². The molecular formula is C18H20N2O6. The van der Waals surface area contributed by atoms with Gasteiger partial charge < -0.3 is 5.11 Å². The van der Waals surface area contributed by atoms with Crippen molar-refractivity contribution in [2.75, 3.05) is 0 Å². The Bertz CT molecular complexity index is 851. The summed E-state index contributed by atoms with van der Waals surface area (Å²) in [6, 6.07) is 1.33. The Morgan fingerprint density at radius 3 is 2.54 bits per heavy atom. The van der Waals surface area contributed by atoms with Crippen molar-refractivity contribution in [2.24, 2.45) is 17.3 Å². The number of ketones is 1. The number of phenols is 1. The van der Waals surface area contributed by atoms with Crippen molar-refractivity contribution in [3.63, 3.8) is 0 Å². The maximum atomic E-state index is 12.4. The Morgan fingerprint density at radius 2 is 1.88 bits per heavy atom. The van der Waals surface area contributed by atoms with Gasteiger partial charge in [0.05, 0.1) is 9.85 Å². The molecular weight excluding hydrogens is 340 g/mol. The average molecular weight is 360 g/mol. The zero-order valence-electron chi connectivity index (χ0n) is 14.4. The molecule has 1 aromatic carbocycles. The fraction of sp³-hybridized carbons (Fsp3) is 0.611. The number of hydrogen-bond acceptors (Lipinski definition) is 6. The Labute approximate surface area is 149 Å². The molecule has 0 aromatic heterocycles. The lowest BCUT2D eigenvalue weighted by atomic mass is 9.55. The summed E-state index contributed by atoms with van der Waals surface area (Å²) in [7, 11) is 0. The van der Waals surface area contributed by atoms with Gasteiger partial charge in [-0.2, -0.15) is 0 Å². The number of Topliss-reactive ketones (excluding diaryl/α,β-unsaturated/α-hetero) is 1. The fourth-order valence-electron chi connectivity index (χ4n) is 5.79. The van der Waals surface area contributed by atoms with Crippen LogP contribution in [0, 0.1) is 37.5 Å². The molecule has 0 heterocycles. The van der Waals surface area contributed by atoms with Gasteiger partial charge in [-0.15, -0.1) is 0 Å².